The first kappa shape index (κ1) is 20.5. The summed E-state index contributed by atoms with van der Waals surface area (Å²) in [5.74, 6) is 0.179. The van der Waals surface area contributed by atoms with E-state index in [1.54, 1.807) is 47.1 Å². The molecule has 0 bridgehead atoms. The summed E-state index contributed by atoms with van der Waals surface area (Å²) in [6, 6.07) is 14.0. The van der Waals surface area contributed by atoms with Gasteiger partial charge >= 0.3 is 5.97 Å². The number of nitrogens with zero attached hydrogens (tertiary/aromatic N) is 2. The Kier molecular flexibility index (Phi) is 5.62. The number of rotatable bonds is 5. The van der Waals surface area contributed by atoms with E-state index < -0.39 is 18.0 Å². The fourth-order valence-electron chi connectivity index (χ4n) is 3.28. The zero-order chi connectivity index (χ0) is 22.0. The Morgan fingerprint density at radius 3 is 2.42 bits per heavy atom. The SMILES string of the molecule is Cc1cc(C)n(-c2ccc(C(=O)O[C@H](C)C(=O)Nc3ccc4c(c3)OCCO4)cc2)n1. The second-order valence-corrected chi connectivity index (χ2v) is 7.28. The first-order valence-electron chi connectivity index (χ1n) is 9.96. The van der Waals surface area contributed by atoms with E-state index in [2.05, 4.69) is 10.4 Å². The lowest BCUT2D eigenvalue weighted by molar-refractivity contribution is -0.123. The minimum Gasteiger partial charge on any atom is -0.486 e. The third-order valence-electron chi connectivity index (χ3n) is 4.82. The summed E-state index contributed by atoms with van der Waals surface area (Å²) in [5, 5.41) is 7.15. The van der Waals surface area contributed by atoms with E-state index in [9.17, 15) is 9.59 Å². The van der Waals surface area contributed by atoms with Crippen LogP contribution < -0.4 is 14.8 Å². The van der Waals surface area contributed by atoms with Crippen molar-refractivity contribution in [3.05, 3.63) is 65.5 Å². The van der Waals surface area contributed by atoms with Crippen LogP contribution in [0.4, 0.5) is 5.69 Å². The first-order valence-corrected chi connectivity index (χ1v) is 9.96. The van der Waals surface area contributed by atoms with Crippen LogP contribution in [0, 0.1) is 13.8 Å². The predicted molar refractivity (Wildman–Crippen MR) is 114 cm³/mol. The van der Waals surface area contributed by atoms with E-state index in [1.807, 2.05) is 19.9 Å². The quantitative estimate of drug-likeness (QED) is 0.635. The molecule has 4 rings (SSSR count). The summed E-state index contributed by atoms with van der Waals surface area (Å²) in [6.45, 7) is 6.36. The average Bonchev–Trinajstić information content (AvgIpc) is 3.11. The van der Waals surface area contributed by atoms with Crippen molar-refractivity contribution in [1.82, 2.24) is 9.78 Å². The molecule has 2 heterocycles. The summed E-state index contributed by atoms with van der Waals surface area (Å²) < 4.78 is 18.1. The number of carbonyl (C=O) groups excluding carboxylic acids is 2. The standard InChI is InChI=1S/C23H23N3O5/c1-14-12-15(2)26(25-14)19-7-4-17(5-8-19)23(28)31-16(3)22(27)24-18-6-9-20-21(13-18)30-11-10-29-20/h4-9,12-13,16H,10-11H2,1-3H3,(H,24,27)/t16-/m1/s1. The van der Waals surface area contributed by atoms with Gasteiger partial charge in [0.05, 0.1) is 16.9 Å². The van der Waals surface area contributed by atoms with Gasteiger partial charge < -0.3 is 19.5 Å². The van der Waals surface area contributed by atoms with Gasteiger partial charge in [-0.1, -0.05) is 0 Å². The molecule has 1 aliphatic rings. The first-order chi connectivity index (χ1) is 14.9. The number of nitrogens with one attached hydrogen (secondary N) is 1. The number of aromatic nitrogens is 2. The number of benzene rings is 2. The normalized spacial score (nSPS) is 13.4. The lowest BCUT2D eigenvalue weighted by atomic mass is 10.2. The number of anilines is 1. The molecule has 1 atom stereocenters. The lowest BCUT2D eigenvalue weighted by Gasteiger charge is -2.19. The van der Waals surface area contributed by atoms with Crippen LogP contribution in [-0.2, 0) is 9.53 Å². The molecule has 160 valence electrons. The van der Waals surface area contributed by atoms with Crippen molar-refractivity contribution in [3.63, 3.8) is 0 Å². The molecule has 0 aliphatic carbocycles. The number of esters is 1. The number of fused-ring (bicyclic) bond motifs is 1. The second-order valence-electron chi connectivity index (χ2n) is 7.28. The third-order valence-corrected chi connectivity index (χ3v) is 4.82. The minimum atomic E-state index is -0.976. The van der Waals surface area contributed by atoms with E-state index in [0.29, 0.717) is 36.0 Å². The van der Waals surface area contributed by atoms with Gasteiger partial charge in [-0.05, 0) is 63.2 Å². The van der Waals surface area contributed by atoms with Gasteiger partial charge in [-0.3, -0.25) is 4.79 Å². The van der Waals surface area contributed by atoms with Crippen LogP contribution in [0.15, 0.2) is 48.5 Å². The highest BCUT2D eigenvalue weighted by Gasteiger charge is 2.20. The van der Waals surface area contributed by atoms with Gasteiger partial charge in [-0.2, -0.15) is 5.10 Å². The summed E-state index contributed by atoms with van der Waals surface area (Å²) >= 11 is 0. The molecule has 8 nitrogen and oxygen atoms in total. The minimum absolute atomic E-state index is 0.351. The van der Waals surface area contributed by atoms with Crippen LogP contribution in [0.2, 0.25) is 0 Å². The van der Waals surface area contributed by atoms with Crippen molar-refractivity contribution in [2.24, 2.45) is 0 Å². The summed E-state index contributed by atoms with van der Waals surface area (Å²) in [7, 11) is 0. The molecule has 0 fully saturated rings. The molecule has 3 aromatic rings. The van der Waals surface area contributed by atoms with Crippen molar-refractivity contribution < 1.29 is 23.8 Å². The molecule has 1 N–H and O–H groups in total. The fourth-order valence-corrected chi connectivity index (χ4v) is 3.28. The van der Waals surface area contributed by atoms with E-state index >= 15 is 0 Å². The Morgan fingerprint density at radius 1 is 1.03 bits per heavy atom. The molecule has 31 heavy (non-hydrogen) atoms. The van der Waals surface area contributed by atoms with Crippen LogP contribution >= 0.6 is 0 Å². The van der Waals surface area contributed by atoms with E-state index in [-0.39, 0.29) is 0 Å². The third kappa shape index (κ3) is 4.53. The number of ether oxygens (including phenoxy) is 3. The molecule has 0 spiro atoms. The Labute approximate surface area is 179 Å². The average molecular weight is 421 g/mol. The van der Waals surface area contributed by atoms with Gasteiger partial charge in [0.2, 0.25) is 0 Å². The van der Waals surface area contributed by atoms with Gasteiger partial charge in [0.1, 0.15) is 13.2 Å². The van der Waals surface area contributed by atoms with Gasteiger partial charge in [0, 0.05) is 17.4 Å². The highest BCUT2D eigenvalue weighted by Crippen LogP contribution is 2.32. The summed E-state index contributed by atoms with van der Waals surface area (Å²) in [4.78, 5) is 24.9. The van der Waals surface area contributed by atoms with Crippen LogP contribution in [-0.4, -0.2) is 41.0 Å². The molecule has 8 heteroatoms. The molecule has 1 aromatic heterocycles. The van der Waals surface area contributed by atoms with Crippen LogP contribution in [0.5, 0.6) is 11.5 Å². The molecule has 0 saturated heterocycles. The fraction of sp³-hybridized carbons (Fsp3) is 0.261. The number of carbonyl (C=O) groups is 2. The smallest absolute Gasteiger partial charge is 0.338 e. The van der Waals surface area contributed by atoms with Gasteiger partial charge in [-0.25, -0.2) is 9.48 Å². The van der Waals surface area contributed by atoms with Gasteiger partial charge in [0.15, 0.2) is 17.6 Å². The Bertz CT molecular complexity index is 1120. The predicted octanol–water partition coefficient (Wildman–Crippen LogP) is 3.44. The molecular formula is C23H23N3O5. The highest BCUT2D eigenvalue weighted by molar-refractivity contribution is 5.97. The van der Waals surface area contributed by atoms with Crippen molar-refractivity contribution in [2.45, 2.75) is 26.9 Å². The van der Waals surface area contributed by atoms with Crippen LogP contribution in [0.3, 0.4) is 0 Å². The molecule has 1 amide bonds. The number of hydrogen-bond acceptors (Lipinski definition) is 6. The van der Waals surface area contributed by atoms with Gasteiger partial charge in [0.25, 0.3) is 5.91 Å². The second kappa shape index (κ2) is 8.51. The Morgan fingerprint density at radius 2 is 1.74 bits per heavy atom. The number of hydrogen-bond donors (Lipinski definition) is 1. The number of amides is 1. The van der Waals surface area contributed by atoms with Crippen LogP contribution in [0.1, 0.15) is 28.7 Å². The van der Waals surface area contributed by atoms with E-state index in [0.717, 1.165) is 17.1 Å². The zero-order valence-corrected chi connectivity index (χ0v) is 17.5. The van der Waals surface area contributed by atoms with E-state index in [1.165, 1.54) is 6.92 Å². The molecule has 2 aromatic carbocycles. The van der Waals surface area contributed by atoms with Crippen molar-refractivity contribution in [1.29, 1.82) is 0 Å². The van der Waals surface area contributed by atoms with Crippen LogP contribution in [0.25, 0.3) is 5.69 Å². The largest absolute Gasteiger partial charge is 0.486 e. The Balaban J connectivity index is 1.37. The number of aryl methyl sites for hydroxylation is 2. The van der Waals surface area contributed by atoms with Gasteiger partial charge in [-0.15, -0.1) is 0 Å². The Hall–Kier alpha value is -3.81. The summed E-state index contributed by atoms with van der Waals surface area (Å²) in [6.07, 6.45) is -0.976. The molecule has 1 aliphatic heterocycles. The topological polar surface area (TPSA) is 91.7 Å². The zero-order valence-electron chi connectivity index (χ0n) is 17.5. The molecular weight excluding hydrogens is 398 g/mol. The highest BCUT2D eigenvalue weighted by atomic mass is 16.6. The van der Waals surface area contributed by atoms with Crippen molar-refractivity contribution in [2.75, 3.05) is 18.5 Å². The lowest BCUT2D eigenvalue weighted by Crippen LogP contribution is -2.30. The maximum Gasteiger partial charge on any atom is 0.338 e. The van der Waals surface area contributed by atoms with E-state index in [4.69, 9.17) is 14.2 Å². The molecule has 0 saturated carbocycles. The van der Waals surface area contributed by atoms with Crippen molar-refractivity contribution in [3.8, 4) is 17.2 Å². The summed E-state index contributed by atoms with van der Waals surface area (Å²) in [5.41, 5.74) is 3.64. The molecule has 0 unspecified atom stereocenters. The monoisotopic (exact) mass is 421 g/mol. The van der Waals surface area contributed by atoms with Crippen molar-refractivity contribution >= 4 is 17.6 Å². The maximum absolute atomic E-state index is 12.5. The maximum atomic E-state index is 12.5. The molecule has 0 radical (unpaired) electrons.